The molecule has 0 fully saturated rings. The van der Waals surface area contributed by atoms with Crippen molar-refractivity contribution in [3.05, 3.63) is 191 Å². The molecule has 0 bridgehead atoms. The Kier molecular flexibility index (Phi) is 11.4. The number of aromatic nitrogens is 5. The number of hydrogen-bond donors (Lipinski definition) is 2. The summed E-state index contributed by atoms with van der Waals surface area (Å²) in [6.07, 6.45) is 6.28. The predicted octanol–water partition coefficient (Wildman–Crippen LogP) is 7.85. The van der Waals surface area contributed by atoms with Gasteiger partial charge >= 0.3 is 11.9 Å². The molecular formula is C46H36N8O7. The molecule has 8 aromatic rings. The summed E-state index contributed by atoms with van der Waals surface area (Å²) >= 11 is 0. The van der Waals surface area contributed by atoms with Gasteiger partial charge in [0, 0.05) is 41.5 Å². The van der Waals surface area contributed by atoms with Crippen LogP contribution in [0.2, 0.25) is 0 Å². The van der Waals surface area contributed by atoms with E-state index in [9.17, 15) is 29.3 Å². The van der Waals surface area contributed by atoms with Crippen molar-refractivity contribution in [3.63, 3.8) is 0 Å². The number of esters is 2. The van der Waals surface area contributed by atoms with E-state index in [1.54, 1.807) is 61.4 Å². The molecule has 15 nitrogen and oxygen atoms in total. The van der Waals surface area contributed by atoms with Gasteiger partial charge in [-0.2, -0.15) is 0 Å². The molecule has 8 rings (SSSR count). The summed E-state index contributed by atoms with van der Waals surface area (Å²) in [5, 5.41) is 16.9. The molecule has 0 radical (unpaired) electrons. The summed E-state index contributed by atoms with van der Waals surface area (Å²) in [5.74, 6) is -2.20. The van der Waals surface area contributed by atoms with E-state index in [2.05, 4.69) is 25.6 Å². The number of carbonyl (C=O) groups is 4. The van der Waals surface area contributed by atoms with Crippen LogP contribution in [0.3, 0.4) is 0 Å². The molecule has 3 aromatic heterocycles. The number of nitro benzene ring substituents is 1. The third kappa shape index (κ3) is 9.21. The molecule has 2 unspecified atom stereocenters. The SMILES string of the molecule is O=C(Cc1cccnc1)Nc1ccc2c(c1)ncn2C(CC(=O)OC(=O)CC(c1ccccc1)n1cnc2cc(NC(=O)c3cccc([N+](=O)[O-])c3)ccc21)c1ccccc1. The lowest BCUT2D eigenvalue weighted by atomic mass is 10.0. The number of nitrogens with one attached hydrogen (secondary N) is 2. The Hall–Kier alpha value is -8.33. The van der Waals surface area contributed by atoms with E-state index in [1.807, 2.05) is 81.9 Å². The Morgan fingerprint density at radius 3 is 1.77 bits per heavy atom. The molecule has 0 saturated heterocycles. The van der Waals surface area contributed by atoms with Gasteiger partial charge in [-0.1, -0.05) is 72.8 Å². The lowest BCUT2D eigenvalue weighted by Crippen LogP contribution is -2.22. The van der Waals surface area contributed by atoms with E-state index in [1.165, 1.54) is 24.3 Å². The average Bonchev–Trinajstić information content (AvgIpc) is 3.89. The molecule has 0 aliphatic heterocycles. The van der Waals surface area contributed by atoms with Gasteiger partial charge in [-0.05, 0) is 65.2 Å². The number of amides is 2. The first-order chi connectivity index (χ1) is 29.7. The van der Waals surface area contributed by atoms with E-state index < -0.39 is 34.9 Å². The molecule has 0 spiro atoms. The van der Waals surface area contributed by atoms with Crippen LogP contribution in [0.1, 0.15) is 52.0 Å². The fourth-order valence-electron chi connectivity index (χ4n) is 7.20. The highest BCUT2D eigenvalue weighted by Crippen LogP contribution is 2.31. The number of carbonyl (C=O) groups excluding carboxylic acids is 4. The standard InChI is InChI=1S/C46H36N8O7/c55-43(21-30-9-8-20-47-27-30)50-34-16-18-39-37(23-34)48-28-52(39)41(31-10-3-1-4-11-31)25-44(56)61-45(57)26-42(32-12-5-2-6-13-32)53-29-49-38-24-35(17-19-40(38)53)51-46(58)33-14-7-15-36(22-33)54(59)60/h1-20,22-24,27-29,41-42H,21,25-26H2,(H,50,55)(H,51,58). The second-order valence-electron chi connectivity index (χ2n) is 14.2. The molecular weight excluding hydrogens is 777 g/mol. The quantitative estimate of drug-likeness (QED) is 0.0473. The summed E-state index contributed by atoms with van der Waals surface area (Å²) in [6, 6.07) is 36.9. The highest BCUT2D eigenvalue weighted by atomic mass is 16.6. The number of nitro groups is 1. The van der Waals surface area contributed by atoms with Crippen molar-refractivity contribution in [2.45, 2.75) is 31.3 Å². The van der Waals surface area contributed by atoms with Crippen LogP contribution in [-0.4, -0.2) is 52.8 Å². The number of non-ortho nitro benzene ring substituents is 1. The summed E-state index contributed by atoms with van der Waals surface area (Å²) in [4.78, 5) is 76.9. The smallest absolute Gasteiger partial charge is 0.315 e. The predicted molar refractivity (Wildman–Crippen MR) is 227 cm³/mol. The maximum absolute atomic E-state index is 13.7. The molecule has 0 saturated carbocycles. The first-order valence-corrected chi connectivity index (χ1v) is 19.2. The van der Waals surface area contributed by atoms with Crippen LogP contribution in [0.5, 0.6) is 0 Å². The number of anilines is 2. The lowest BCUT2D eigenvalue weighted by molar-refractivity contribution is -0.384. The number of rotatable bonds is 14. The second kappa shape index (κ2) is 17.7. The number of nitrogens with zero attached hydrogens (tertiary/aromatic N) is 6. The number of hydrogen-bond acceptors (Lipinski definition) is 10. The molecule has 15 heteroatoms. The zero-order chi connectivity index (χ0) is 42.3. The third-order valence-corrected chi connectivity index (χ3v) is 10.1. The maximum atomic E-state index is 13.7. The number of imidazole rings is 2. The molecule has 0 aliphatic rings. The van der Waals surface area contributed by atoms with Gasteiger partial charge in [0.15, 0.2) is 0 Å². The number of benzene rings is 5. The van der Waals surface area contributed by atoms with E-state index in [4.69, 9.17) is 4.74 Å². The zero-order valence-electron chi connectivity index (χ0n) is 32.3. The highest BCUT2D eigenvalue weighted by molar-refractivity contribution is 6.05. The number of ether oxygens (including phenoxy) is 1. The largest absolute Gasteiger partial charge is 0.393 e. The fourth-order valence-corrected chi connectivity index (χ4v) is 7.20. The van der Waals surface area contributed by atoms with Crippen molar-refractivity contribution in [2.75, 3.05) is 10.6 Å². The molecule has 3 heterocycles. The first kappa shape index (κ1) is 39.5. The van der Waals surface area contributed by atoms with Crippen molar-refractivity contribution in [2.24, 2.45) is 0 Å². The minimum absolute atomic E-state index is 0.125. The Labute approximate surface area is 347 Å². The second-order valence-corrected chi connectivity index (χ2v) is 14.2. The van der Waals surface area contributed by atoms with Crippen LogP contribution < -0.4 is 10.6 Å². The van der Waals surface area contributed by atoms with Crippen molar-refractivity contribution in [3.8, 4) is 0 Å². The van der Waals surface area contributed by atoms with Crippen LogP contribution in [0, 0.1) is 10.1 Å². The summed E-state index contributed by atoms with van der Waals surface area (Å²) < 4.78 is 9.19. The minimum atomic E-state index is -0.740. The van der Waals surface area contributed by atoms with E-state index in [-0.39, 0.29) is 36.4 Å². The summed E-state index contributed by atoms with van der Waals surface area (Å²) in [7, 11) is 0. The van der Waals surface area contributed by atoms with Crippen molar-refractivity contribution in [1.82, 2.24) is 24.1 Å². The minimum Gasteiger partial charge on any atom is -0.393 e. The van der Waals surface area contributed by atoms with E-state index in [0.717, 1.165) is 16.7 Å². The maximum Gasteiger partial charge on any atom is 0.315 e. The van der Waals surface area contributed by atoms with Gasteiger partial charge in [-0.25, -0.2) is 9.97 Å². The van der Waals surface area contributed by atoms with Gasteiger partial charge in [0.05, 0.1) is 71.0 Å². The van der Waals surface area contributed by atoms with E-state index in [0.29, 0.717) is 33.4 Å². The van der Waals surface area contributed by atoms with Gasteiger partial charge in [0.2, 0.25) is 5.91 Å². The normalized spacial score (nSPS) is 12.1. The molecule has 2 atom stereocenters. The molecule has 61 heavy (non-hydrogen) atoms. The number of pyridine rings is 1. The Bertz CT molecular complexity index is 2900. The average molecular weight is 813 g/mol. The lowest BCUT2D eigenvalue weighted by Gasteiger charge is -2.21. The Morgan fingerprint density at radius 2 is 1.23 bits per heavy atom. The molecule has 0 aliphatic carbocycles. The fraction of sp³-hybridized carbons (Fsp3) is 0.109. The van der Waals surface area contributed by atoms with Crippen LogP contribution in [-0.2, 0) is 25.5 Å². The zero-order valence-corrected chi connectivity index (χ0v) is 32.3. The summed E-state index contributed by atoms with van der Waals surface area (Å²) in [5.41, 5.74) is 5.73. The summed E-state index contributed by atoms with van der Waals surface area (Å²) in [6.45, 7) is 0. The van der Waals surface area contributed by atoms with E-state index >= 15 is 0 Å². The van der Waals surface area contributed by atoms with Gasteiger partial charge in [-0.15, -0.1) is 0 Å². The monoisotopic (exact) mass is 812 g/mol. The van der Waals surface area contributed by atoms with Gasteiger partial charge in [-0.3, -0.25) is 34.3 Å². The van der Waals surface area contributed by atoms with Gasteiger partial charge < -0.3 is 24.5 Å². The molecule has 2 amide bonds. The van der Waals surface area contributed by atoms with Crippen LogP contribution in [0.25, 0.3) is 22.1 Å². The Balaban J connectivity index is 0.981. The van der Waals surface area contributed by atoms with Crippen molar-refractivity contribution < 1.29 is 28.8 Å². The van der Waals surface area contributed by atoms with Crippen LogP contribution in [0.4, 0.5) is 17.1 Å². The Morgan fingerprint density at radius 1 is 0.656 bits per heavy atom. The van der Waals surface area contributed by atoms with Crippen LogP contribution in [0.15, 0.2) is 159 Å². The third-order valence-electron chi connectivity index (χ3n) is 10.1. The van der Waals surface area contributed by atoms with Gasteiger partial charge in [0.25, 0.3) is 11.6 Å². The number of fused-ring (bicyclic) bond motifs is 2. The van der Waals surface area contributed by atoms with Crippen molar-refractivity contribution in [1.29, 1.82) is 0 Å². The topological polar surface area (TPSA) is 193 Å². The molecule has 302 valence electrons. The van der Waals surface area contributed by atoms with Crippen molar-refractivity contribution >= 4 is 62.9 Å². The molecule has 5 aromatic carbocycles. The first-order valence-electron chi connectivity index (χ1n) is 19.2. The molecule has 2 N–H and O–H groups in total. The van der Waals surface area contributed by atoms with Crippen LogP contribution >= 0.6 is 0 Å². The van der Waals surface area contributed by atoms with Gasteiger partial charge in [0.1, 0.15) is 0 Å². The highest BCUT2D eigenvalue weighted by Gasteiger charge is 2.26.